The molecule has 1 heterocycles. The van der Waals surface area contributed by atoms with E-state index in [-0.39, 0.29) is 11.5 Å². The molecule has 1 atom stereocenters. The molecule has 5 heteroatoms. The minimum atomic E-state index is -1.39. The SMILES string of the molecule is Cn1ccnc1[S@](=O)CC(=O)c1ccccc1. The van der Waals surface area contributed by atoms with Crippen LogP contribution in [-0.2, 0) is 17.8 Å². The third-order valence-electron chi connectivity index (χ3n) is 2.34. The Bertz CT molecular complexity index is 549. The van der Waals surface area contributed by atoms with E-state index >= 15 is 0 Å². The second-order valence-electron chi connectivity index (χ2n) is 3.60. The fourth-order valence-electron chi connectivity index (χ4n) is 1.46. The van der Waals surface area contributed by atoms with Crippen LogP contribution >= 0.6 is 0 Å². The molecule has 0 N–H and O–H groups in total. The van der Waals surface area contributed by atoms with Crippen LogP contribution in [0.25, 0.3) is 0 Å². The fourth-order valence-corrected chi connectivity index (χ4v) is 2.56. The summed E-state index contributed by atoms with van der Waals surface area (Å²) in [6.45, 7) is 0. The van der Waals surface area contributed by atoms with E-state index < -0.39 is 10.8 Å². The summed E-state index contributed by atoms with van der Waals surface area (Å²) < 4.78 is 13.6. The maximum absolute atomic E-state index is 11.9. The summed E-state index contributed by atoms with van der Waals surface area (Å²) in [5, 5.41) is 0.425. The van der Waals surface area contributed by atoms with Gasteiger partial charge in [-0.3, -0.25) is 9.00 Å². The predicted octanol–water partition coefficient (Wildman–Crippen LogP) is 1.41. The average molecular weight is 248 g/mol. The minimum Gasteiger partial charge on any atom is -0.327 e. The van der Waals surface area contributed by atoms with Crippen LogP contribution in [0.2, 0.25) is 0 Å². The molecular weight excluding hydrogens is 236 g/mol. The van der Waals surface area contributed by atoms with Crippen molar-refractivity contribution in [3.63, 3.8) is 0 Å². The van der Waals surface area contributed by atoms with Crippen molar-refractivity contribution in [1.82, 2.24) is 9.55 Å². The van der Waals surface area contributed by atoms with Crippen molar-refractivity contribution in [2.45, 2.75) is 5.16 Å². The third-order valence-corrected chi connectivity index (χ3v) is 3.66. The lowest BCUT2D eigenvalue weighted by Crippen LogP contribution is -2.13. The monoisotopic (exact) mass is 248 g/mol. The lowest BCUT2D eigenvalue weighted by atomic mass is 10.2. The highest BCUT2D eigenvalue weighted by Crippen LogP contribution is 2.06. The Hall–Kier alpha value is -1.75. The number of benzene rings is 1. The molecule has 0 unspecified atom stereocenters. The van der Waals surface area contributed by atoms with Gasteiger partial charge < -0.3 is 4.57 Å². The molecule has 0 aliphatic heterocycles. The zero-order valence-electron chi connectivity index (χ0n) is 9.37. The van der Waals surface area contributed by atoms with E-state index in [1.807, 2.05) is 6.07 Å². The van der Waals surface area contributed by atoms with E-state index in [1.54, 1.807) is 48.3 Å². The number of aromatic nitrogens is 2. The van der Waals surface area contributed by atoms with Crippen LogP contribution in [-0.4, -0.2) is 25.3 Å². The van der Waals surface area contributed by atoms with E-state index in [0.717, 1.165) is 0 Å². The number of rotatable bonds is 4. The highest BCUT2D eigenvalue weighted by atomic mass is 32.2. The quantitative estimate of drug-likeness (QED) is 0.769. The molecule has 17 heavy (non-hydrogen) atoms. The van der Waals surface area contributed by atoms with Gasteiger partial charge in [-0.15, -0.1) is 0 Å². The van der Waals surface area contributed by atoms with Gasteiger partial charge in [0, 0.05) is 25.0 Å². The Labute approximate surface area is 102 Å². The van der Waals surface area contributed by atoms with Crippen LogP contribution in [0.15, 0.2) is 47.9 Å². The average Bonchev–Trinajstić information content (AvgIpc) is 2.76. The van der Waals surface area contributed by atoms with Crippen LogP contribution in [0.5, 0.6) is 0 Å². The van der Waals surface area contributed by atoms with Crippen molar-refractivity contribution in [1.29, 1.82) is 0 Å². The van der Waals surface area contributed by atoms with Gasteiger partial charge in [0.25, 0.3) is 0 Å². The summed E-state index contributed by atoms with van der Waals surface area (Å²) in [6.07, 6.45) is 3.28. The molecule has 0 bridgehead atoms. The van der Waals surface area contributed by atoms with E-state index in [0.29, 0.717) is 10.7 Å². The maximum Gasteiger partial charge on any atom is 0.199 e. The molecule has 0 saturated carbocycles. The van der Waals surface area contributed by atoms with Gasteiger partial charge in [-0.1, -0.05) is 30.3 Å². The predicted molar refractivity (Wildman–Crippen MR) is 65.3 cm³/mol. The van der Waals surface area contributed by atoms with Crippen LogP contribution in [0.3, 0.4) is 0 Å². The fraction of sp³-hybridized carbons (Fsp3) is 0.167. The molecule has 0 radical (unpaired) electrons. The highest BCUT2D eigenvalue weighted by molar-refractivity contribution is 7.85. The topological polar surface area (TPSA) is 52.0 Å². The van der Waals surface area contributed by atoms with Crippen molar-refractivity contribution < 1.29 is 9.00 Å². The van der Waals surface area contributed by atoms with Gasteiger partial charge in [-0.25, -0.2) is 4.98 Å². The first-order valence-electron chi connectivity index (χ1n) is 5.12. The summed E-state index contributed by atoms with van der Waals surface area (Å²) >= 11 is 0. The maximum atomic E-state index is 11.9. The lowest BCUT2D eigenvalue weighted by molar-refractivity contribution is 0.102. The molecule has 0 fully saturated rings. The van der Waals surface area contributed by atoms with Gasteiger partial charge >= 0.3 is 0 Å². The smallest absolute Gasteiger partial charge is 0.199 e. The van der Waals surface area contributed by atoms with Crippen molar-refractivity contribution in [2.24, 2.45) is 7.05 Å². The Morgan fingerprint density at radius 1 is 1.35 bits per heavy atom. The first kappa shape index (κ1) is 11.7. The molecule has 2 rings (SSSR count). The van der Waals surface area contributed by atoms with Gasteiger partial charge in [0.1, 0.15) is 0 Å². The molecule has 1 aromatic heterocycles. The second-order valence-corrected chi connectivity index (χ2v) is 4.94. The zero-order valence-corrected chi connectivity index (χ0v) is 10.2. The number of aryl methyl sites for hydroxylation is 1. The van der Waals surface area contributed by atoms with Crippen molar-refractivity contribution in [3.05, 3.63) is 48.3 Å². The Morgan fingerprint density at radius 3 is 2.65 bits per heavy atom. The number of carbonyl (C=O) groups excluding carboxylic acids is 1. The molecule has 4 nitrogen and oxygen atoms in total. The van der Waals surface area contributed by atoms with Crippen molar-refractivity contribution in [3.8, 4) is 0 Å². The van der Waals surface area contributed by atoms with E-state index in [2.05, 4.69) is 4.98 Å². The summed E-state index contributed by atoms with van der Waals surface area (Å²) in [7, 11) is 0.365. The molecule has 2 aromatic rings. The first-order chi connectivity index (χ1) is 8.18. The van der Waals surface area contributed by atoms with Crippen molar-refractivity contribution >= 4 is 16.6 Å². The first-order valence-corrected chi connectivity index (χ1v) is 6.44. The Kier molecular flexibility index (Phi) is 3.49. The standard InChI is InChI=1S/C12H12N2O2S/c1-14-8-7-13-12(14)17(16)9-11(15)10-5-3-2-4-6-10/h2-8H,9H2,1H3/t17-/m1/s1. The van der Waals surface area contributed by atoms with E-state index in [1.165, 1.54) is 0 Å². The van der Waals surface area contributed by atoms with Crippen molar-refractivity contribution in [2.75, 3.05) is 5.75 Å². The van der Waals surface area contributed by atoms with Gasteiger partial charge in [-0.05, 0) is 0 Å². The molecule has 0 saturated heterocycles. The summed E-state index contributed by atoms with van der Waals surface area (Å²) in [5.41, 5.74) is 0.579. The number of ketones is 1. The Balaban J connectivity index is 2.10. The molecule has 0 spiro atoms. The third kappa shape index (κ3) is 2.68. The largest absolute Gasteiger partial charge is 0.327 e. The van der Waals surface area contributed by atoms with E-state index in [4.69, 9.17) is 0 Å². The molecular formula is C12H12N2O2S. The molecule has 88 valence electrons. The normalized spacial score (nSPS) is 12.3. The van der Waals surface area contributed by atoms with Gasteiger partial charge in [0.2, 0.25) is 0 Å². The molecule has 0 aliphatic carbocycles. The van der Waals surface area contributed by atoms with Crippen LogP contribution in [0.4, 0.5) is 0 Å². The number of imidazole rings is 1. The number of hydrogen-bond acceptors (Lipinski definition) is 3. The highest BCUT2D eigenvalue weighted by Gasteiger charge is 2.14. The number of nitrogens with zero attached hydrogens (tertiary/aromatic N) is 2. The van der Waals surface area contributed by atoms with Crippen LogP contribution in [0, 0.1) is 0 Å². The number of carbonyl (C=O) groups is 1. The lowest BCUT2D eigenvalue weighted by Gasteiger charge is -2.02. The summed E-state index contributed by atoms with van der Waals surface area (Å²) in [5.74, 6) is -0.165. The molecule has 0 amide bonds. The molecule has 1 aromatic carbocycles. The minimum absolute atomic E-state index is 0.0329. The summed E-state index contributed by atoms with van der Waals surface area (Å²) in [6, 6.07) is 8.86. The number of Topliss-reactive ketones (excluding diaryl/α,β-unsaturated/α-hetero) is 1. The Morgan fingerprint density at radius 2 is 2.06 bits per heavy atom. The van der Waals surface area contributed by atoms with Gasteiger partial charge in [0.05, 0.1) is 16.6 Å². The van der Waals surface area contributed by atoms with Gasteiger partial charge in [0.15, 0.2) is 10.9 Å². The van der Waals surface area contributed by atoms with Gasteiger partial charge in [-0.2, -0.15) is 0 Å². The summed E-state index contributed by atoms with van der Waals surface area (Å²) in [4.78, 5) is 15.8. The van der Waals surface area contributed by atoms with Crippen LogP contribution in [0.1, 0.15) is 10.4 Å². The van der Waals surface area contributed by atoms with E-state index in [9.17, 15) is 9.00 Å². The van der Waals surface area contributed by atoms with Crippen LogP contribution < -0.4 is 0 Å². The molecule has 0 aliphatic rings. The second kappa shape index (κ2) is 5.05. The number of hydrogen-bond donors (Lipinski definition) is 0. The zero-order chi connectivity index (χ0) is 12.3.